The van der Waals surface area contributed by atoms with Crippen LogP contribution in [0.15, 0.2) is 167 Å². The molecule has 96 heavy (non-hydrogen) atoms. The number of hydrogen-bond donors (Lipinski definition) is 8. The van der Waals surface area contributed by atoms with Crippen LogP contribution in [0, 0.1) is 6.92 Å². The molecule has 1 fully saturated rings. The maximum atomic E-state index is 12.2. The summed E-state index contributed by atoms with van der Waals surface area (Å²) in [6.45, 7) is 15.7. The average Bonchev–Trinajstić information content (AvgIpc) is 1.62. The van der Waals surface area contributed by atoms with Crippen LogP contribution in [0.1, 0.15) is 74.7 Å². The van der Waals surface area contributed by atoms with E-state index in [4.69, 9.17) is 32.2 Å². The van der Waals surface area contributed by atoms with Gasteiger partial charge < -0.3 is 73.1 Å². The van der Waals surface area contributed by atoms with Crippen LogP contribution in [0.4, 0.5) is 23.3 Å². The fourth-order valence-electron chi connectivity index (χ4n) is 8.62. The third-order valence-electron chi connectivity index (χ3n) is 15.0. The van der Waals surface area contributed by atoms with E-state index in [1.54, 1.807) is 55.1 Å². The lowest BCUT2D eigenvalue weighted by atomic mass is 9.78. The Labute approximate surface area is 583 Å². The van der Waals surface area contributed by atoms with Gasteiger partial charge in [0.2, 0.25) is 0 Å². The number of halogens is 2. The number of aromatic nitrogens is 4. The van der Waals surface area contributed by atoms with E-state index in [2.05, 4.69) is 73.1 Å². The van der Waals surface area contributed by atoms with Crippen molar-refractivity contribution in [3.8, 4) is 33.4 Å². The van der Waals surface area contributed by atoms with Gasteiger partial charge in [-0.25, -0.2) is 19.9 Å². The molecule has 0 bridgehead atoms. The van der Waals surface area contributed by atoms with Crippen LogP contribution >= 0.6 is 31.9 Å². The molecular formula is C71H93BBr2N16O6. The van der Waals surface area contributed by atoms with Crippen molar-refractivity contribution in [3.63, 3.8) is 0 Å². The van der Waals surface area contributed by atoms with Gasteiger partial charge in [0, 0.05) is 121 Å². The van der Waals surface area contributed by atoms with Gasteiger partial charge in [-0.15, -0.1) is 0 Å². The van der Waals surface area contributed by atoms with Crippen LogP contribution in [-0.2, 0) is 9.31 Å². The molecular weight excluding hydrogens is 1340 g/mol. The normalized spacial score (nSPS) is 12.6. The first kappa shape index (κ1) is 78.0. The van der Waals surface area contributed by atoms with Gasteiger partial charge in [0.05, 0.1) is 15.7 Å². The summed E-state index contributed by atoms with van der Waals surface area (Å²) in [7, 11) is 15.3. The Bertz CT molecular complexity index is 3650. The molecule has 5 heterocycles. The van der Waals surface area contributed by atoms with Gasteiger partial charge in [-0.1, -0.05) is 48.5 Å². The highest BCUT2D eigenvalue weighted by molar-refractivity contribution is 9.10. The Morgan fingerprint density at radius 3 is 1.14 bits per heavy atom. The Balaban J connectivity index is 0.000000222. The van der Waals surface area contributed by atoms with Crippen molar-refractivity contribution in [2.45, 2.75) is 45.8 Å². The number of benzene rings is 4. The Morgan fingerprint density at radius 1 is 0.427 bits per heavy atom. The number of likely N-dealkylation sites (N-methyl/N-ethyl adjacent to an activating group) is 4. The third-order valence-corrected chi connectivity index (χ3v) is 16.1. The quantitative estimate of drug-likeness (QED) is 0.0331. The number of carbonyl (C=O) groups is 4. The highest BCUT2D eigenvalue weighted by atomic mass is 79.9. The summed E-state index contributed by atoms with van der Waals surface area (Å²) >= 11 is 6.59. The van der Waals surface area contributed by atoms with Crippen LogP contribution in [0.5, 0.6) is 0 Å². The molecule has 4 amide bonds. The molecule has 1 aliphatic rings. The number of nitrogens with zero attached hydrogens (tertiary/aromatic N) is 8. The average molecular weight is 1440 g/mol. The lowest BCUT2D eigenvalue weighted by Crippen LogP contribution is -2.41. The highest BCUT2D eigenvalue weighted by Crippen LogP contribution is 2.36. The summed E-state index contributed by atoms with van der Waals surface area (Å²) in [5.41, 5.74) is 31.5. The molecule has 9 rings (SSSR count). The van der Waals surface area contributed by atoms with Gasteiger partial charge in [0.1, 0.15) is 23.3 Å². The van der Waals surface area contributed by atoms with E-state index in [-0.39, 0.29) is 34.8 Å². The van der Waals surface area contributed by atoms with Crippen molar-refractivity contribution < 1.29 is 28.5 Å². The number of aryl methyl sites for hydroxylation is 1. The summed E-state index contributed by atoms with van der Waals surface area (Å²) in [6.07, 6.45) is 6.79. The summed E-state index contributed by atoms with van der Waals surface area (Å²) in [4.78, 5) is 72.9. The number of pyridine rings is 4. The van der Waals surface area contributed by atoms with E-state index in [9.17, 15) is 19.2 Å². The van der Waals surface area contributed by atoms with Crippen molar-refractivity contribution in [2.75, 3.05) is 132 Å². The minimum Gasteiger partial charge on any atom is -0.399 e. The monoisotopic (exact) mass is 1430 g/mol. The maximum Gasteiger partial charge on any atom is 0.494 e. The van der Waals surface area contributed by atoms with E-state index in [1.807, 2.05) is 214 Å². The van der Waals surface area contributed by atoms with E-state index in [0.717, 1.165) is 79.5 Å². The molecule has 0 radical (unpaired) electrons. The van der Waals surface area contributed by atoms with E-state index in [0.29, 0.717) is 71.7 Å². The van der Waals surface area contributed by atoms with Crippen LogP contribution in [0.25, 0.3) is 33.4 Å². The van der Waals surface area contributed by atoms with Gasteiger partial charge >= 0.3 is 7.12 Å². The lowest BCUT2D eigenvalue weighted by molar-refractivity contribution is 0.00578. The number of carbonyl (C=O) groups excluding carboxylic acids is 4. The smallest absolute Gasteiger partial charge is 0.399 e. The topological polar surface area (TPSA) is 303 Å². The zero-order valence-corrected chi connectivity index (χ0v) is 60.5. The number of hydrogen-bond acceptors (Lipinski definition) is 18. The van der Waals surface area contributed by atoms with Crippen molar-refractivity contribution in [1.29, 1.82) is 0 Å². The summed E-state index contributed by atoms with van der Waals surface area (Å²) < 4.78 is 13.8. The molecule has 4 aromatic heterocycles. The zero-order valence-electron chi connectivity index (χ0n) is 57.3. The van der Waals surface area contributed by atoms with Crippen molar-refractivity contribution in [1.82, 2.24) is 60.8 Å². The molecule has 1 aliphatic heterocycles. The zero-order chi connectivity index (χ0) is 70.7. The number of rotatable bonds is 20. The molecule has 0 aliphatic carbocycles. The lowest BCUT2D eigenvalue weighted by Gasteiger charge is -2.32. The predicted octanol–water partition coefficient (Wildman–Crippen LogP) is 8.64. The van der Waals surface area contributed by atoms with Crippen LogP contribution < -0.4 is 49.7 Å². The molecule has 25 heteroatoms. The molecule has 12 N–H and O–H groups in total. The second-order valence-corrected chi connectivity index (χ2v) is 26.4. The number of nitrogen functional groups attached to an aromatic ring is 4. The summed E-state index contributed by atoms with van der Waals surface area (Å²) in [6, 6.07) is 41.0. The maximum absolute atomic E-state index is 12.2. The van der Waals surface area contributed by atoms with Crippen LogP contribution in [-0.4, -0.2) is 190 Å². The first-order valence-corrected chi connectivity index (χ1v) is 32.7. The molecule has 22 nitrogen and oxygen atoms in total. The van der Waals surface area contributed by atoms with E-state index in [1.165, 1.54) is 0 Å². The molecule has 1 saturated heterocycles. The van der Waals surface area contributed by atoms with Crippen LogP contribution in [0.3, 0.4) is 0 Å². The molecule has 4 aromatic carbocycles. The molecule has 0 spiro atoms. The van der Waals surface area contributed by atoms with E-state index < -0.39 is 7.12 Å². The second kappa shape index (κ2) is 38.2. The van der Waals surface area contributed by atoms with Gasteiger partial charge in [0.25, 0.3) is 23.6 Å². The van der Waals surface area contributed by atoms with E-state index >= 15 is 0 Å². The minimum atomic E-state index is -0.450. The summed E-state index contributed by atoms with van der Waals surface area (Å²) in [5, 5.41) is 11.6. The minimum absolute atomic E-state index is 0.0659. The Hall–Kier alpha value is -8.66. The molecule has 0 saturated carbocycles. The number of anilines is 4. The molecule has 510 valence electrons. The SMILES string of the molecule is CN(C)CCNC(=O)c1cccc(-c2ccc(N)nc2)c1.CN(C)CCNC(=O)c1cccc(-c2cnc(N)c(Br)c2)c1.CN(C)CCNC(=O)c1cccc(B2OC(C)(C)C(C)(C)O2)c1.Cc1cc(-c2cccc(C(=O)NCCN(C)C)c2)cnc1N.Nc1ccc(Br)cn1. The standard InChI is InChI=1S/C17H27BN2O3.C17H22N4O.C16H19BrN4O.C16H20N4O.C5H5BrN2/c1-16(2)17(3,4)23-18(22-16)14-9-7-8-13(12-14)15(21)19-10-11-20(5)6;1-12-9-15(11-20-16(12)18)13-5-4-6-14(10-13)17(22)19-7-8-21(2)3;1-21(2)7-6-19-16(22)12-5-3-4-11(8-12)13-9-14(17)15(18)20-10-13;1-20(2)9-8-18-16(21)13-5-3-4-12(10-13)14-6-7-15(17)19-11-14;6-4-1-2-5(7)8-3-4/h7-9,12H,10-11H2,1-6H3,(H,19,21);4-6,9-11H,7-8H2,1-3H3,(H2,18,20)(H,19,22);3-5,8-10H,6-7H2,1-2H3,(H2,18,20)(H,19,22);3-7,10-11H,8-9H2,1-2H3,(H2,17,19)(H,18,21);1-3H,(H2,7,8). The Kier molecular flexibility index (Phi) is 31.0. The summed E-state index contributed by atoms with van der Waals surface area (Å²) in [5.74, 6) is 1.72. The predicted molar refractivity (Wildman–Crippen MR) is 397 cm³/mol. The number of nitrogens with one attached hydrogen (secondary N) is 4. The largest absolute Gasteiger partial charge is 0.494 e. The van der Waals surface area contributed by atoms with Gasteiger partial charge in [0.15, 0.2) is 0 Å². The van der Waals surface area contributed by atoms with Gasteiger partial charge in [-0.05, 0) is 236 Å². The van der Waals surface area contributed by atoms with Crippen molar-refractivity contribution in [3.05, 3.63) is 195 Å². The molecule has 8 aromatic rings. The fraction of sp³-hybridized carbons (Fsp3) is 0.324. The number of nitrogens with two attached hydrogens (primary N) is 4. The molecule has 0 unspecified atom stereocenters. The van der Waals surface area contributed by atoms with Crippen LogP contribution in [0.2, 0.25) is 0 Å². The number of amides is 4. The first-order chi connectivity index (χ1) is 45.4. The molecule has 0 atom stereocenters. The third kappa shape index (κ3) is 26.2. The second-order valence-electron chi connectivity index (χ2n) is 24.6. The van der Waals surface area contributed by atoms with Crippen molar-refractivity contribution >= 4 is 91.3 Å². The first-order valence-electron chi connectivity index (χ1n) is 31.1. The highest BCUT2D eigenvalue weighted by Gasteiger charge is 2.51. The van der Waals surface area contributed by atoms with Gasteiger partial charge in [-0.3, -0.25) is 19.2 Å². The Morgan fingerprint density at radius 2 is 0.781 bits per heavy atom. The fourth-order valence-corrected chi connectivity index (χ4v) is 9.20. The van der Waals surface area contributed by atoms with Crippen molar-refractivity contribution in [2.24, 2.45) is 0 Å². The van der Waals surface area contributed by atoms with Gasteiger partial charge in [-0.2, -0.15) is 0 Å².